The van der Waals surface area contributed by atoms with Gasteiger partial charge < -0.3 is 10.2 Å². The fraction of sp³-hybridized carbons (Fsp3) is 0.565. The standard InChI is InChI=1S/C23H33N3O/c1-15(2)11-22(27)25-18-12-17(5)13-26(14-18)21-9-8-19(16(3)4)23-20(21)7-6-10-24-23/h6-10,15-18H,11-14H2,1-5H3,(H,25,27)/t17-,18+/m0/s1. The Bertz CT molecular complexity index is 799. The zero-order valence-corrected chi connectivity index (χ0v) is 17.3. The molecule has 1 aliphatic rings. The molecule has 1 saturated heterocycles. The molecule has 3 rings (SSSR count). The average molecular weight is 368 g/mol. The van der Waals surface area contributed by atoms with Crippen LogP contribution in [0.4, 0.5) is 5.69 Å². The van der Waals surface area contributed by atoms with Gasteiger partial charge in [0, 0.05) is 42.8 Å². The number of fused-ring (bicyclic) bond motifs is 1. The van der Waals surface area contributed by atoms with Crippen LogP contribution in [0.15, 0.2) is 30.5 Å². The molecule has 0 unspecified atom stereocenters. The number of hydrogen-bond donors (Lipinski definition) is 1. The number of anilines is 1. The first kappa shape index (κ1) is 19.7. The van der Waals surface area contributed by atoms with Crippen molar-refractivity contribution in [3.8, 4) is 0 Å². The van der Waals surface area contributed by atoms with Gasteiger partial charge in [-0.05, 0) is 47.9 Å². The summed E-state index contributed by atoms with van der Waals surface area (Å²) in [6.07, 6.45) is 3.52. The minimum absolute atomic E-state index is 0.172. The molecule has 2 heterocycles. The van der Waals surface area contributed by atoms with Crippen LogP contribution in [-0.4, -0.2) is 30.0 Å². The van der Waals surface area contributed by atoms with E-state index in [9.17, 15) is 4.79 Å². The number of aromatic nitrogens is 1. The van der Waals surface area contributed by atoms with Gasteiger partial charge >= 0.3 is 0 Å². The lowest BCUT2D eigenvalue weighted by atomic mass is 9.93. The maximum atomic E-state index is 12.3. The second kappa shape index (κ2) is 8.28. The fourth-order valence-electron chi connectivity index (χ4n) is 4.23. The first-order chi connectivity index (χ1) is 12.8. The Labute approximate surface area is 163 Å². The monoisotopic (exact) mass is 367 g/mol. The zero-order valence-electron chi connectivity index (χ0n) is 17.3. The molecular formula is C23H33N3O. The van der Waals surface area contributed by atoms with Gasteiger partial charge in [0.25, 0.3) is 0 Å². The topological polar surface area (TPSA) is 45.2 Å². The van der Waals surface area contributed by atoms with Gasteiger partial charge in [-0.1, -0.05) is 40.7 Å². The first-order valence-electron chi connectivity index (χ1n) is 10.3. The Balaban J connectivity index is 1.87. The van der Waals surface area contributed by atoms with Crippen molar-refractivity contribution >= 4 is 22.5 Å². The van der Waals surface area contributed by atoms with Gasteiger partial charge in [-0.25, -0.2) is 0 Å². The molecule has 27 heavy (non-hydrogen) atoms. The highest BCUT2D eigenvalue weighted by atomic mass is 16.1. The molecule has 1 aliphatic heterocycles. The smallest absolute Gasteiger partial charge is 0.220 e. The van der Waals surface area contributed by atoms with Crippen molar-refractivity contribution in [1.29, 1.82) is 0 Å². The number of carbonyl (C=O) groups is 1. The third-order valence-electron chi connectivity index (χ3n) is 5.36. The second-order valence-corrected chi connectivity index (χ2v) is 8.84. The van der Waals surface area contributed by atoms with Crippen LogP contribution in [0.25, 0.3) is 10.9 Å². The van der Waals surface area contributed by atoms with E-state index in [1.54, 1.807) is 0 Å². The van der Waals surface area contributed by atoms with E-state index >= 15 is 0 Å². The number of rotatable bonds is 5. The van der Waals surface area contributed by atoms with Crippen molar-refractivity contribution in [3.63, 3.8) is 0 Å². The molecular weight excluding hydrogens is 334 g/mol. The average Bonchev–Trinajstić information content (AvgIpc) is 2.59. The van der Waals surface area contributed by atoms with Crippen molar-refractivity contribution in [2.24, 2.45) is 11.8 Å². The molecule has 0 radical (unpaired) electrons. The van der Waals surface area contributed by atoms with E-state index in [2.05, 4.69) is 68.0 Å². The van der Waals surface area contributed by atoms with Crippen LogP contribution >= 0.6 is 0 Å². The van der Waals surface area contributed by atoms with Crippen LogP contribution in [-0.2, 0) is 4.79 Å². The molecule has 1 aromatic carbocycles. The number of nitrogens with one attached hydrogen (secondary N) is 1. The number of piperidine rings is 1. The first-order valence-corrected chi connectivity index (χ1v) is 10.3. The number of benzene rings is 1. The summed E-state index contributed by atoms with van der Waals surface area (Å²) in [4.78, 5) is 19.4. The Kier molecular flexibility index (Phi) is 6.03. The summed E-state index contributed by atoms with van der Waals surface area (Å²) in [5, 5.41) is 4.47. The van der Waals surface area contributed by atoms with E-state index in [1.807, 2.05) is 12.3 Å². The molecule has 2 aromatic rings. The molecule has 1 aromatic heterocycles. The fourth-order valence-corrected chi connectivity index (χ4v) is 4.23. The molecule has 1 N–H and O–H groups in total. The predicted octanol–water partition coefficient (Wildman–Crippen LogP) is 4.74. The zero-order chi connectivity index (χ0) is 19.6. The molecule has 146 valence electrons. The van der Waals surface area contributed by atoms with Crippen molar-refractivity contribution in [2.75, 3.05) is 18.0 Å². The molecule has 4 nitrogen and oxygen atoms in total. The van der Waals surface area contributed by atoms with Crippen molar-refractivity contribution in [2.45, 2.75) is 59.4 Å². The van der Waals surface area contributed by atoms with Gasteiger partial charge in [0.15, 0.2) is 0 Å². The van der Waals surface area contributed by atoms with Crippen molar-refractivity contribution < 1.29 is 4.79 Å². The summed E-state index contributed by atoms with van der Waals surface area (Å²) in [6.45, 7) is 12.8. The predicted molar refractivity (Wildman–Crippen MR) is 113 cm³/mol. The Morgan fingerprint density at radius 1 is 1.22 bits per heavy atom. The molecule has 0 saturated carbocycles. The van der Waals surface area contributed by atoms with Gasteiger partial charge in [0.05, 0.1) is 5.52 Å². The highest BCUT2D eigenvalue weighted by molar-refractivity contribution is 5.94. The summed E-state index contributed by atoms with van der Waals surface area (Å²) in [7, 11) is 0. The second-order valence-electron chi connectivity index (χ2n) is 8.84. The van der Waals surface area contributed by atoms with Crippen LogP contribution in [0, 0.1) is 11.8 Å². The Hall–Kier alpha value is -2.10. The number of hydrogen-bond acceptors (Lipinski definition) is 3. The Morgan fingerprint density at radius 2 is 2.00 bits per heavy atom. The van der Waals surface area contributed by atoms with E-state index in [0.717, 1.165) is 25.0 Å². The lowest BCUT2D eigenvalue weighted by Crippen LogP contribution is -2.50. The van der Waals surface area contributed by atoms with Gasteiger partial charge in [0.2, 0.25) is 5.91 Å². The van der Waals surface area contributed by atoms with Crippen LogP contribution < -0.4 is 10.2 Å². The third kappa shape index (κ3) is 4.60. The molecule has 1 fully saturated rings. The van der Waals surface area contributed by atoms with Gasteiger partial charge in [0.1, 0.15) is 0 Å². The van der Waals surface area contributed by atoms with E-state index in [0.29, 0.717) is 24.2 Å². The number of carbonyl (C=O) groups excluding carboxylic acids is 1. The normalized spacial score (nSPS) is 20.5. The highest BCUT2D eigenvalue weighted by Crippen LogP contribution is 2.33. The highest BCUT2D eigenvalue weighted by Gasteiger charge is 2.27. The minimum atomic E-state index is 0.172. The number of nitrogens with zero attached hydrogens (tertiary/aromatic N) is 2. The largest absolute Gasteiger partial charge is 0.369 e. The van der Waals surface area contributed by atoms with Gasteiger partial charge in [-0.15, -0.1) is 0 Å². The van der Waals surface area contributed by atoms with E-state index in [-0.39, 0.29) is 11.9 Å². The summed E-state index contributed by atoms with van der Waals surface area (Å²) in [6, 6.07) is 8.86. The molecule has 0 aliphatic carbocycles. The van der Waals surface area contributed by atoms with E-state index in [4.69, 9.17) is 0 Å². The molecule has 0 bridgehead atoms. The van der Waals surface area contributed by atoms with Crippen LogP contribution in [0.2, 0.25) is 0 Å². The molecule has 0 spiro atoms. The number of pyridine rings is 1. The summed E-state index contributed by atoms with van der Waals surface area (Å²) >= 11 is 0. The van der Waals surface area contributed by atoms with Crippen LogP contribution in [0.3, 0.4) is 0 Å². The Morgan fingerprint density at radius 3 is 2.70 bits per heavy atom. The SMILES string of the molecule is CC(C)CC(=O)N[C@@H]1C[C@H](C)CN(c2ccc(C(C)C)c3ncccc23)C1. The van der Waals surface area contributed by atoms with Crippen molar-refractivity contribution in [1.82, 2.24) is 10.3 Å². The van der Waals surface area contributed by atoms with Crippen LogP contribution in [0.1, 0.15) is 58.9 Å². The molecule has 2 atom stereocenters. The van der Waals surface area contributed by atoms with Gasteiger partial charge in [-0.2, -0.15) is 0 Å². The minimum Gasteiger partial charge on any atom is -0.369 e. The number of amides is 1. The van der Waals surface area contributed by atoms with Crippen LogP contribution in [0.5, 0.6) is 0 Å². The summed E-state index contributed by atoms with van der Waals surface area (Å²) < 4.78 is 0. The summed E-state index contributed by atoms with van der Waals surface area (Å²) in [5.41, 5.74) is 3.63. The van der Waals surface area contributed by atoms with Gasteiger partial charge in [-0.3, -0.25) is 9.78 Å². The maximum Gasteiger partial charge on any atom is 0.220 e. The van der Waals surface area contributed by atoms with Crippen molar-refractivity contribution in [3.05, 3.63) is 36.0 Å². The molecule has 4 heteroatoms. The third-order valence-corrected chi connectivity index (χ3v) is 5.36. The van der Waals surface area contributed by atoms with E-state index in [1.165, 1.54) is 16.6 Å². The summed E-state index contributed by atoms with van der Waals surface area (Å²) in [5.74, 6) is 1.55. The lowest BCUT2D eigenvalue weighted by molar-refractivity contribution is -0.122. The lowest BCUT2D eigenvalue weighted by Gasteiger charge is -2.39. The molecule has 1 amide bonds. The quantitative estimate of drug-likeness (QED) is 0.830. The maximum absolute atomic E-state index is 12.3. The van der Waals surface area contributed by atoms with E-state index < -0.39 is 0 Å².